The molecule has 0 aliphatic rings. The number of aliphatic carboxylic acids is 1. The van der Waals surface area contributed by atoms with Crippen molar-refractivity contribution in [2.75, 3.05) is 6.54 Å². The molecule has 3 heteroatoms. The summed E-state index contributed by atoms with van der Waals surface area (Å²) in [7, 11) is 0. The second-order valence-corrected chi connectivity index (χ2v) is 2.80. The van der Waals surface area contributed by atoms with Gasteiger partial charge in [-0.05, 0) is 32.9 Å². The van der Waals surface area contributed by atoms with Crippen LogP contribution in [0.5, 0.6) is 0 Å². The molecule has 0 aromatic carbocycles. The van der Waals surface area contributed by atoms with Crippen molar-refractivity contribution in [1.82, 2.24) is 5.32 Å². The Morgan fingerprint density at radius 2 is 1.93 bits per heavy atom. The molecule has 0 aliphatic heterocycles. The molecule has 0 spiro atoms. The molecule has 0 fully saturated rings. The average Bonchev–Trinajstić information content (AvgIpc) is 2.17. The third-order valence-electron chi connectivity index (χ3n) is 1.51. The SMILES string of the molecule is CC.CCN/C=C(\C)CCCC(=O)O. The number of nitrogens with one attached hydrogen (secondary N) is 1. The summed E-state index contributed by atoms with van der Waals surface area (Å²) in [6.07, 6.45) is 3.79. The number of hydrogen-bond acceptors (Lipinski definition) is 2. The summed E-state index contributed by atoms with van der Waals surface area (Å²) in [5.74, 6) is -0.716. The van der Waals surface area contributed by atoms with Gasteiger partial charge in [0.1, 0.15) is 0 Å². The number of carbonyl (C=O) groups is 1. The Balaban J connectivity index is 0. The molecule has 0 bridgehead atoms. The molecule has 84 valence electrons. The monoisotopic (exact) mass is 201 g/mol. The van der Waals surface area contributed by atoms with Crippen LogP contribution in [-0.4, -0.2) is 17.6 Å². The van der Waals surface area contributed by atoms with Gasteiger partial charge >= 0.3 is 5.97 Å². The Morgan fingerprint density at radius 1 is 1.36 bits per heavy atom. The van der Waals surface area contributed by atoms with E-state index >= 15 is 0 Å². The van der Waals surface area contributed by atoms with Crippen LogP contribution in [0.2, 0.25) is 0 Å². The van der Waals surface area contributed by atoms with Gasteiger partial charge in [-0.1, -0.05) is 19.4 Å². The molecule has 0 amide bonds. The minimum absolute atomic E-state index is 0.261. The van der Waals surface area contributed by atoms with Crippen LogP contribution < -0.4 is 5.32 Å². The average molecular weight is 201 g/mol. The molecule has 0 radical (unpaired) electrons. The fourth-order valence-electron chi connectivity index (χ4n) is 0.867. The highest BCUT2D eigenvalue weighted by atomic mass is 16.4. The Morgan fingerprint density at radius 3 is 2.36 bits per heavy atom. The van der Waals surface area contributed by atoms with Crippen molar-refractivity contribution < 1.29 is 9.90 Å². The van der Waals surface area contributed by atoms with E-state index in [4.69, 9.17) is 5.11 Å². The van der Waals surface area contributed by atoms with E-state index in [-0.39, 0.29) is 6.42 Å². The molecule has 0 aromatic rings. The van der Waals surface area contributed by atoms with Crippen LogP contribution in [0.25, 0.3) is 0 Å². The first-order chi connectivity index (χ1) is 6.66. The minimum atomic E-state index is -0.716. The molecule has 0 saturated heterocycles. The van der Waals surface area contributed by atoms with Crippen molar-refractivity contribution in [3.63, 3.8) is 0 Å². The van der Waals surface area contributed by atoms with Crippen LogP contribution >= 0.6 is 0 Å². The van der Waals surface area contributed by atoms with Gasteiger partial charge in [0, 0.05) is 13.0 Å². The van der Waals surface area contributed by atoms with Crippen LogP contribution in [0.3, 0.4) is 0 Å². The zero-order valence-electron chi connectivity index (χ0n) is 9.76. The molecule has 14 heavy (non-hydrogen) atoms. The molecule has 0 saturated carbocycles. The van der Waals surface area contributed by atoms with E-state index in [0.29, 0.717) is 0 Å². The van der Waals surface area contributed by atoms with Gasteiger partial charge in [0.05, 0.1) is 0 Å². The highest BCUT2D eigenvalue weighted by Crippen LogP contribution is 2.04. The largest absolute Gasteiger partial charge is 0.481 e. The Labute approximate surface area is 87.2 Å². The van der Waals surface area contributed by atoms with E-state index in [1.165, 1.54) is 5.57 Å². The zero-order chi connectivity index (χ0) is 11.4. The lowest BCUT2D eigenvalue weighted by Crippen LogP contribution is -2.03. The van der Waals surface area contributed by atoms with Crippen LogP contribution in [0, 0.1) is 0 Å². The molecule has 2 N–H and O–H groups in total. The highest BCUT2D eigenvalue weighted by molar-refractivity contribution is 5.66. The molecule has 0 atom stereocenters. The van der Waals surface area contributed by atoms with Gasteiger partial charge in [-0.15, -0.1) is 0 Å². The molecular weight excluding hydrogens is 178 g/mol. The van der Waals surface area contributed by atoms with Crippen molar-refractivity contribution in [2.24, 2.45) is 0 Å². The van der Waals surface area contributed by atoms with Crippen molar-refractivity contribution in [3.8, 4) is 0 Å². The molecular formula is C11H23NO2. The van der Waals surface area contributed by atoms with Crippen LogP contribution in [0.15, 0.2) is 11.8 Å². The Hall–Kier alpha value is -0.990. The van der Waals surface area contributed by atoms with Crippen LogP contribution in [0.4, 0.5) is 0 Å². The number of carboxylic acid groups (broad SMARTS) is 1. The Bertz CT molecular complexity index is 165. The number of allylic oxidation sites excluding steroid dienone is 1. The second kappa shape index (κ2) is 12.0. The summed E-state index contributed by atoms with van der Waals surface area (Å²) < 4.78 is 0. The zero-order valence-corrected chi connectivity index (χ0v) is 9.76. The van der Waals surface area contributed by atoms with Gasteiger partial charge in [0.2, 0.25) is 0 Å². The van der Waals surface area contributed by atoms with Gasteiger partial charge in [0.15, 0.2) is 0 Å². The van der Waals surface area contributed by atoms with E-state index in [2.05, 4.69) is 5.32 Å². The van der Waals surface area contributed by atoms with Crippen LogP contribution in [0.1, 0.15) is 47.0 Å². The quantitative estimate of drug-likeness (QED) is 0.694. The van der Waals surface area contributed by atoms with E-state index < -0.39 is 5.97 Å². The fourth-order valence-corrected chi connectivity index (χ4v) is 0.867. The van der Waals surface area contributed by atoms with Gasteiger partial charge < -0.3 is 10.4 Å². The highest BCUT2D eigenvalue weighted by Gasteiger charge is 1.96. The number of hydrogen-bond donors (Lipinski definition) is 2. The summed E-state index contributed by atoms with van der Waals surface area (Å²) in [6, 6.07) is 0. The lowest BCUT2D eigenvalue weighted by atomic mass is 10.1. The summed E-state index contributed by atoms with van der Waals surface area (Å²) >= 11 is 0. The molecule has 0 aliphatic carbocycles. The van der Waals surface area contributed by atoms with Gasteiger partial charge in [-0.2, -0.15) is 0 Å². The predicted molar refractivity (Wildman–Crippen MR) is 60.3 cm³/mol. The first kappa shape index (κ1) is 15.5. The van der Waals surface area contributed by atoms with Gasteiger partial charge in [0.25, 0.3) is 0 Å². The maximum absolute atomic E-state index is 10.2. The van der Waals surface area contributed by atoms with Crippen molar-refractivity contribution in [1.29, 1.82) is 0 Å². The second-order valence-electron chi connectivity index (χ2n) is 2.80. The topological polar surface area (TPSA) is 49.3 Å². The standard InChI is InChI=1S/C9H17NO2.C2H6/c1-3-10-7-8(2)5-4-6-9(11)12;1-2/h7,10H,3-6H2,1-2H3,(H,11,12);1-2H3/b8-7+;. The molecule has 0 rings (SSSR count). The smallest absolute Gasteiger partial charge is 0.303 e. The van der Waals surface area contributed by atoms with Gasteiger partial charge in [-0.3, -0.25) is 4.79 Å². The predicted octanol–water partition coefficient (Wildman–Crippen LogP) is 2.78. The fraction of sp³-hybridized carbons (Fsp3) is 0.727. The maximum atomic E-state index is 10.2. The van der Waals surface area contributed by atoms with E-state index in [1.54, 1.807) is 0 Å². The molecule has 0 heterocycles. The maximum Gasteiger partial charge on any atom is 0.303 e. The summed E-state index contributed by atoms with van der Waals surface area (Å²) in [6.45, 7) is 8.95. The lowest BCUT2D eigenvalue weighted by Gasteiger charge is -2.00. The first-order valence-electron chi connectivity index (χ1n) is 5.27. The van der Waals surface area contributed by atoms with Crippen LogP contribution in [-0.2, 0) is 4.79 Å². The molecule has 0 aromatic heterocycles. The van der Waals surface area contributed by atoms with Crippen molar-refractivity contribution in [2.45, 2.75) is 47.0 Å². The number of rotatable bonds is 6. The Kier molecular flexibility index (Phi) is 13.3. The number of carboxylic acids is 1. The molecule has 3 nitrogen and oxygen atoms in total. The van der Waals surface area contributed by atoms with E-state index in [0.717, 1.165) is 19.4 Å². The molecule has 0 unspecified atom stereocenters. The van der Waals surface area contributed by atoms with Crippen molar-refractivity contribution >= 4 is 5.97 Å². The first-order valence-corrected chi connectivity index (χ1v) is 5.27. The summed E-state index contributed by atoms with van der Waals surface area (Å²) in [5.41, 5.74) is 1.21. The lowest BCUT2D eigenvalue weighted by molar-refractivity contribution is -0.137. The normalized spacial score (nSPS) is 10.1. The van der Waals surface area contributed by atoms with E-state index in [1.807, 2.05) is 33.9 Å². The summed E-state index contributed by atoms with van der Waals surface area (Å²) in [5, 5.41) is 11.4. The van der Waals surface area contributed by atoms with Crippen molar-refractivity contribution in [3.05, 3.63) is 11.8 Å². The third kappa shape index (κ3) is 13.6. The van der Waals surface area contributed by atoms with E-state index in [9.17, 15) is 4.79 Å². The third-order valence-corrected chi connectivity index (χ3v) is 1.51. The minimum Gasteiger partial charge on any atom is -0.481 e. The summed E-state index contributed by atoms with van der Waals surface area (Å²) in [4.78, 5) is 10.2. The van der Waals surface area contributed by atoms with Gasteiger partial charge in [-0.25, -0.2) is 0 Å².